The van der Waals surface area contributed by atoms with Gasteiger partial charge in [-0.15, -0.1) is 0 Å². The van der Waals surface area contributed by atoms with Crippen molar-refractivity contribution in [2.24, 2.45) is 5.73 Å². The number of rotatable bonds is 3. The summed E-state index contributed by atoms with van der Waals surface area (Å²) in [5.41, 5.74) is 6.93. The lowest BCUT2D eigenvalue weighted by Crippen LogP contribution is -2.48. The number of nitrogens with two attached hydrogens (primary N) is 1. The summed E-state index contributed by atoms with van der Waals surface area (Å²) < 4.78 is 6.43. The van der Waals surface area contributed by atoms with Crippen molar-refractivity contribution in [3.05, 3.63) is 28.5 Å². The Balaban J connectivity index is 2.02. The second kappa shape index (κ2) is 5.72. The molecule has 88 valence electrons. The first-order valence-corrected chi connectivity index (χ1v) is 6.20. The SMILES string of the molecule is NCC1COCCN1Cc1cncc(Br)c1. The highest BCUT2D eigenvalue weighted by Crippen LogP contribution is 2.14. The second-order valence-corrected chi connectivity index (χ2v) is 4.86. The van der Waals surface area contributed by atoms with Gasteiger partial charge < -0.3 is 10.5 Å². The van der Waals surface area contributed by atoms with Gasteiger partial charge in [0.2, 0.25) is 0 Å². The molecule has 0 radical (unpaired) electrons. The first-order chi connectivity index (χ1) is 7.79. The van der Waals surface area contributed by atoms with Crippen LogP contribution >= 0.6 is 15.9 Å². The topological polar surface area (TPSA) is 51.4 Å². The van der Waals surface area contributed by atoms with Gasteiger partial charge in [-0.3, -0.25) is 9.88 Å². The zero-order chi connectivity index (χ0) is 11.4. The van der Waals surface area contributed by atoms with E-state index in [0.717, 1.165) is 30.8 Å². The molecule has 4 nitrogen and oxygen atoms in total. The highest BCUT2D eigenvalue weighted by Gasteiger charge is 2.21. The fraction of sp³-hybridized carbons (Fsp3) is 0.545. The van der Waals surface area contributed by atoms with E-state index in [4.69, 9.17) is 10.5 Å². The molecule has 1 unspecified atom stereocenters. The minimum Gasteiger partial charge on any atom is -0.378 e. The Kier molecular flexibility index (Phi) is 4.29. The van der Waals surface area contributed by atoms with Crippen molar-refractivity contribution in [1.82, 2.24) is 9.88 Å². The second-order valence-electron chi connectivity index (χ2n) is 3.95. The highest BCUT2D eigenvalue weighted by molar-refractivity contribution is 9.10. The minimum absolute atomic E-state index is 0.327. The monoisotopic (exact) mass is 285 g/mol. The van der Waals surface area contributed by atoms with Gasteiger partial charge in [0, 0.05) is 42.5 Å². The Hall–Kier alpha value is -0.490. The number of ether oxygens (including phenoxy) is 1. The molecule has 0 aromatic carbocycles. The van der Waals surface area contributed by atoms with E-state index in [1.165, 1.54) is 5.56 Å². The van der Waals surface area contributed by atoms with Gasteiger partial charge in [0.05, 0.1) is 13.2 Å². The lowest BCUT2D eigenvalue weighted by molar-refractivity contribution is -0.00797. The van der Waals surface area contributed by atoms with E-state index < -0.39 is 0 Å². The van der Waals surface area contributed by atoms with Crippen molar-refractivity contribution < 1.29 is 4.74 Å². The number of pyridine rings is 1. The molecule has 1 aromatic rings. The lowest BCUT2D eigenvalue weighted by Gasteiger charge is -2.34. The molecule has 1 fully saturated rings. The van der Waals surface area contributed by atoms with Gasteiger partial charge in [-0.1, -0.05) is 0 Å². The molecule has 1 aromatic heterocycles. The molecule has 0 saturated carbocycles. The third kappa shape index (κ3) is 3.01. The van der Waals surface area contributed by atoms with Gasteiger partial charge in [-0.2, -0.15) is 0 Å². The Morgan fingerprint density at radius 3 is 3.19 bits per heavy atom. The molecule has 5 heteroatoms. The van der Waals surface area contributed by atoms with Crippen LogP contribution in [0.25, 0.3) is 0 Å². The summed E-state index contributed by atoms with van der Waals surface area (Å²) in [6.45, 7) is 3.99. The standard InChI is InChI=1S/C11H16BrN3O/c12-10-3-9(5-14-6-10)7-15-1-2-16-8-11(15)4-13/h3,5-6,11H,1-2,4,7-8,13H2. The number of aromatic nitrogens is 1. The van der Waals surface area contributed by atoms with E-state index >= 15 is 0 Å². The largest absolute Gasteiger partial charge is 0.378 e. The third-order valence-electron chi connectivity index (χ3n) is 2.77. The predicted molar refractivity (Wildman–Crippen MR) is 66.0 cm³/mol. The fourth-order valence-corrected chi connectivity index (χ4v) is 2.30. The summed E-state index contributed by atoms with van der Waals surface area (Å²) in [5.74, 6) is 0. The Labute approximate surface area is 104 Å². The van der Waals surface area contributed by atoms with E-state index in [9.17, 15) is 0 Å². The van der Waals surface area contributed by atoms with Crippen molar-refractivity contribution in [2.75, 3.05) is 26.3 Å². The molecule has 1 aliphatic heterocycles. The van der Waals surface area contributed by atoms with Crippen LogP contribution < -0.4 is 5.73 Å². The summed E-state index contributed by atoms with van der Waals surface area (Å²) in [5, 5.41) is 0. The van der Waals surface area contributed by atoms with Crippen LogP contribution in [0.3, 0.4) is 0 Å². The predicted octanol–water partition coefficient (Wildman–Crippen LogP) is 1.00. The summed E-state index contributed by atoms with van der Waals surface area (Å²) in [4.78, 5) is 6.52. The van der Waals surface area contributed by atoms with Crippen LogP contribution in [0, 0.1) is 0 Å². The normalized spacial score (nSPS) is 22.2. The maximum atomic E-state index is 5.73. The smallest absolute Gasteiger partial charge is 0.0634 e. The molecule has 16 heavy (non-hydrogen) atoms. The number of halogens is 1. The van der Waals surface area contributed by atoms with Crippen LogP contribution in [0.1, 0.15) is 5.56 Å². The molecule has 1 atom stereocenters. The van der Waals surface area contributed by atoms with Crippen molar-refractivity contribution in [3.63, 3.8) is 0 Å². The molecule has 0 aliphatic carbocycles. The third-order valence-corrected chi connectivity index (χ3v) is 3.20. The molecule has 0 spiro atoms. The molecule has 0 amide bonds. The molecular weight excluding hydrogens is 270 g/mol. The van der Waals surface area contributed by atoms with Crippen molar-refractivity contribution >= 4 is 15.9 Å². The van der Waals surface area contributed by atoms with Gasteiger partial charge in [-0.05, 0) is 27.6 Å². The van der Waals surface area contributed by atoms with Crippen LogP contribution in [-0.2, 0) is 11.3 Å². The first kappa shape index (κ1) is 12.0. The van der Waals surface area contributed by atoms with E-state index in [1.54, 1.807) is 6.20 Å². The van der Waals surface area contributed by atoms with E-state index in [-0.39, 0.29) is 0 Å². The highest BCUT2D eigenvalue weighted by atomic mass is 79.9. The number of hydrogen-bond donors (Lipinski definition) is 1. The Bertz CT molecular complexity index is 348. The van der Waals surface area contributed by atoms with E-state index in [1.807, 2.05) is 6.20 Å². The Morgan fingerprint density at radius 2 is 2.44 bits per heavy atom. The summed E-state index contributed by atoms with van der Waals surface area (Å²) >= 11 is 3.43. The van der Waals surface area contributed by atoms with Gasteiger partial charge in [0.1, 0.15) is 0 Å². The molecule has 1 aliphatic rings. The quantitative estimate of drug-likeness (QED) is 0.901. The maximum Gasteiger partial charge on any atom is 0.0634 e. The molecule has 0 bridgehead atoms. The average Bonchev–Trinajstić information content (AvgIpc) is 2.30. The van der Waals surface area contributed by atoms with Crippen LogP contribution in [0.2, 0.25) is 0 Å². The maximum absolute atomic E-state index is 5.73. The summed E-state index contributed by atoms with van der Waals surface area (Å²) in [6, 6.07) is 2.42. The number of hydrogen-bond acceptors (Lipinski definition) is 4. The van der Waals surface area contributed by atoms with Crippen molar-refractivity contribution in [3.8, 4) is 0 Å². The molecule has 2 N–H and O–H groups in total. The Morgan fingerprint density at radius 1 is 1.56 bits per heavy atom. The van der Waals surface area contributed by atoms with Crippen LogP contribution in [0.15, 0.2) is 22.9 Å². The molecule has 2 rings (SSSR count). The molecular formula is C11H16BrN3O. The zero-order valence-corrected chi connectivity index (χ0v) is 10.7. The summed E-state index contributed by atoms with van der Waals surface area (Å²) in [7, 11) is 0. The first-order valence-electron chi connectivity index (χ1n) is 5.41. The number of nitrogens with zero attached hydrogens (tertiary/aromatic N) is 2. The van der Waals surface area contributed by atoms with Crippen molar-refractivity contribution in [1.29, 1.82) is 0 Å². The minimum atomic E-state index is 0.327. The molecule has 2 heterocycles. The van der Waals surface area contributed by atoms with E-state index in [2.05, 4.69) is 31.9 Å². The zero-order valence-electron chi connectivity index (χ0n) is 9.10. The number of morpholine rings is 1. The van der Waals surface area contributed by atoms with E-state index in [0.29, 0.717) is 12.6 Å². The molecule has 1 saturated heterocycles. The fourth-order valence-electron chi connectivity index (χ4n) is 1.89. The van der Waals surface area contributed by atoms with Crippen LogP contribution in [-0.4, -0.2) is 42.2 Å². The van der Waals surface area contributed by atoms with Crippen molar-refractivity contribution in [2.45, 2.75) is 12.6 Å². The average molecular weight is 286 g/mol. The van der Waals surface area contributed by atoms with Gasteiger partial charge in [-0.25, -0.2) is 0 Å². The van der Waals surface area contributed by atoms with Gasteiger partial charge >= 0.3 is 0 Å². The van der Waals surface area contributed by atoms with Crippen LogP contribution in [0.5, 0.6) is 0 Å². The van der Waals surface area contributed by atoms with Crippen LogP contribution in [0.4, 0.5) is 0 Å². The van der Waals surface area contributed by atoms with Gasteiger partial charge in [0.25, 0.3) is 0 Å². The lowest BCUT2D eigenvalue weighted by atomic mass is 10.2. The van der Waals surface area contributed by atoms with Gasteiger partial charge in [0.15, 0.2) is 0 Å². The summed E-state index contributed by atoms with van der Waals surface area (Å²) in [6.07, 6.45) is 3.69.